The van der Waals surface area contributed by atoms with Gasteiger partial charge in [-0.1, -0.05) is 54.9 Å². The fourth-order valence-electron chi connectivity index (χ4n) is 5.29. The summed E-state index contributed by atoms with van der Waals surface area (Å²) in [4.78, 5) is 37.3. The number of amides is 2. The fourth-order valence-corrected chi connectivity index (χ4v) is 5.29. The largest absolute Gasteiger partial charge is 0.354 e. The Bertz CT molecular complexity index is 1750. The minimum absolute atomic E-state index is 0.0234. The molecule has 3 heterocycles. The molecular formula is C31H31N7O4. The number of non-ortho nitro benzene ring substituents is 1. The van der Waals surface area contributed by atoms with Crippen molar-refractivity contribution in [1.82, 2.24) is 20.0 Å². The van der Waals surface area contributed by atoms with Crippen LogP contribution >= 0.6 is 0 Å². The summed E-state index contributed by atoms with van der Waals surface area (Å²) in [5.74, 6) is 1.49. The van der Waals surface area contributed by atoms with Gasteiger partial charge in [0.05, 0.1) is 4.92 Å². The number of aryl methyl sites for hydroxylation is 1. The van der Waals surface area contributed by atoms with Gasteiger partial charge in [0.1, 0.15) is 22.7 Å². The van der Waals surface area contributed by atoms with Crippen molar-refractivity contribution in [2.45, 2.75) is 32.6 Å². The molecule has 5 aromatic rings. The molecule has 2 aromatic heterocycles. The molecule has 42 heavy (non-hydrogen) atoms. The Morgan fingerprint density at radius 2 is 1.81 bits per heavy atom. The Hall–Kier alpha value is -5.06. The van der Waals surface area contributed by atoms with E-state index in [2.05, 4.69) is 46.6 Å². The average Bonchev–Trinajstić information content (AvgIpc) is 3.28. The van der Waals surface area contributed by atoms with Crippen molar-refractivity contribution in [2.24, 2.45) is 0 Å². The highest BCUT2D eigenvalue weighted by atomic mass is 16.6. The summed E-state index contributed by atoms with van der Waals surface area (Å²) in [5, 5.41) is 21.3. The van der Waals surface area contributed by atoms with Crippen LogP contribution in [0.2, 0.25) is 0 Å². The molecule has 11 heteroatoms. The zero-order valence-corrected chi connectivity index (χ0v) is 23.3. The second kappa shape index (κ2) is 11.8. The second-order valence-corrected chi connectivity index (χ2v) is 10.4. The fraction of sp³-hybridized carbons (Fsp3) is 0.290. The molecule has 1 aliphatic rings. The summed E-state index contributed by atoms with van der Waals surface area (Å²) in [6, 6.07) is 20.0. The number of nitrogens with zero attached hydrogens (tertiary/aromatic N) is 6. The number of nitrogens with one attached hydrogen (secondary N) is 1. The summed E-state index contributed by atoms with van der Waals surface area (Å²) >= 11 is 0. The summed E-state index contributed by atoms with van der Waals surface area (Å²) in [6.07, 6.45) is 3.47. The van der Waals surface area contributed by atoms with E-state index in [0.29, 0.717) is 43.3 Å². The zero-order valence-electron chi connectivity index (χ0n) is 23.3. The van der Waals surface area contributed by atoms with Gasteiger partial charge in [-0.2, -0.15) is 4.98 Å². The van der Waals surface area contributed by atoms with E-state index in [-0.39, 0.29) is 11.7 Å². The highest BCUT2D eigenvalue weighted by Crippen LogP contribution is 2.35. The quantitative estimate of drug-likeness (QED) is 0.176. The topological polar surface area (TPSA) is 131 Å². The van der Waals surface area contributed by atoms with Crippen LogP contribution < -0.4 is 10.2 Å². The first kappa shape index (κ1) is 27.1. The normalized spacial score (nSPS) is 13.8. The first-order valence-electron chi connectivity index (χ1n) is 14.2. The first-order chi connectivity index (χ1) is 20.5. The molecule has 2 amide bonds. The van der Waals surface area contributed by atoms with Crippen LogP contribution in [0.1, 0.15) is 32.0 Å². The van der Waals surface area contributed by atoms with E-state index in [1.807, 2.05) is 18.2 Å². The summed E-state index contributed by atoms with van der Waals surface area (Å²) < 4.78 is 5.80. The van der Waals surface area contributed by atoms with Crippen molar-refractivity contribution < 1.29 is 14.2 Å². The van der Waals surface area contributed by atoms with Crippen LogP contribution in [-0.2, 0) is 6.42 Å². The second-order valence-electron chi connectivity index (χ2n) is 10.4. The molecule has 11 nitrogen and oxygen atoms in total. The van der Waals surface area contributed by atoms with Crippen molar-refractivity contribution in [3.05, 3.63) is 82.7 Å². The number of urea groups is 1. The third-order valence-electron chi connectivity index (χ3n) is 7.55. The number of aromatic nitrogens is 3. The number of anilines is 2. The lowest BCUT2D eigenvalue weighted by Crippen LogP contribution is -2.38. The molecule has 0 aliphatic carbocycles. The zero-order chi connectivity index (χ0) is 29.1. The molecule has 6 rings (SSSR count). The van der Waals surface area contributed by atoms with Gasteiger partial charge in [-0.3, -0.25) is 10.1 Å². The van der Waals surface area contributed by atoms with Crippen molar-refractivity contribution in [3.8, 4) is 11.3 Å². The van der Waals surface area contributed by atoms with Gasteiger partial charge < -0.3 is 19.6 Å². The highest BCUT2D eigenvalue weighted by Gasteiger charge is 2.26. The first-order valence-corrected chi connectivity index (χ1v) is 14.2. The number of benzene rings is 3. The Kier molecular flexibility index (Phi) is 7.63. The van der Waals surface area contributed by atoms with E-state index in [1.54, 1.807) is 4.90 Å². The molecule has 0 unspecified atom stereocenters. The Morgan fingerprint density at radius 1 is 1.00 bits per heavy atom. The standard InChI is InChI=1S/C31H31N7O4/c1-2-3-9-26-33-29(27-28(35-42-30(27)34-26)23-11-10-21-7-4-5-8-22(21)20-23)36-16-6-17-37(19-18-36)31(39)32-24-12-14-25(15-13-24)38(40)41/h4-5,7-8,10-15,20H,2-3,6,9,16-19H2,1H3,(H,32,39). The third kappa shape index (κ3) is 5.58. The lowest BCUT2D eigenvalue weighted by Gasteiger charge is -2.24. The number of hydrogen-bond acceptors (Lipinski definition) is 8. The molecule has 1 N–H and O–H groups in total. The maximum atomic E-state index is 13.1. The Morgan fingerprint density at radius 3 is 2.60 bits per heavy atom. The van der Waals surface area contributed by atoms with E-state index in [0.717, 1.165) is 59.0 Å². The Balaban J connectivity index is 1.28. The van der Waals surface area contributed by atoms with Gasteiger partial charge in [-0.05, 0) is 41.8 Å². The molecule has 0 spiro atoms. The molecule has 1 saturated heterocycles. The number of nitro groups is 1. The molecule has 0 saturated carbocycles. The van der Waals surface area contributed by atoms with Crippen LogP contribution in [-0.4, -0.2) is 57.2 Å². The van der Waals surface area contributed by atoms with E-state index in [4.69, 9.17) is 14.5 Å². The number of nitro benzene ring substituents is 1. The molecule has 3 aromatic carbocycles. The maximum Gasteiger partial charge on any atom is 0.321 e. The molecular weight excluding hydrogens is 534 g/mol. The minimum atomic E-state index is -0.465. The van der Waals surface area contributed by atoms with Crippen molar-refractivity contribution in [2.75, 3.05) is 36.4 Å². The number of carbonyl (C=O) groups is 1. The lowest BCUT2D eigenvalue weighted by atomic mass is 10.0. The van der Waals surface area contributed by atoms with Crippen molar-refractivity contribution >= 4 is 45.1 Å². The van der Waals surface area contributed by atoms with Gasteiger partial charge in [0.25, 0.3) is 11.4 Å². The lowest BCUT2D eigenvalue weighted by molar-refractivity contribution is -0.384. The molecule has 1 fully saturated rings. The summed E-state index contributed by atoms with van der Waals surface area (Å²) in [7, 11) is 0. The van der Waals surface area contributed by atoms with Gasteiger partial charge in [0, 0.05) is 56.0 Å². The van der Waals surface area contributed by atoms with E-state index in [9.17, 15) is 14.9 Å². The predicted octanol–water partition coefficient (Wildman–Crippen LogP) is 6.43. The van der Waals surface area contributed by atoms with Crippen LogP contribution in [0.15, 0.2) is 71.3 Å². The molecule has 214 valence electrons. The summed E-state index contributed by atoms with van der Waals surface area (Å²) in [6.45, 7) is 4.44. The molecule has 0 atom stereocenters. The van der Waals surface area contributed by atoms with Crippen LogP contribution in [0.5, 0.6) is 0 Å². The Labute approximate surface area is 242 Å². The van der Waals surface area contributed by atoms with Gasteiger partial charge in [0.2, 0.25) is 0 Å². The average molecular weight is 566 g/mol. The monoisotopic (exact) mass is 565 g/mol. The van der Waals surface area contributed by atoms with E-state index in [1.165, 1.54) is 24.3 Å². The van der Waals surface area contributed by atoms with Gasteiger partial charge in [0.15, 0.2) is 0 Å². The number of hydrogen-bond donors (Lipinski definition) is 1. The van der Waals surface area contributed by atoms with Crippen LogP contribution in [0.25, 0.3) is 33.1 Å². The minimum Gasteiger partial charge on any atom is -0.354 e. The van der Waals surface area contributed by atoms with Crippen molar-refractivity contribution in [1.29, 1.82) is 0 Å². The van der Waals surface area contributed by atoms with E-state index >= 15 is 0 Å². The number of carbonyl (C=O) groups excluding carboxylic acids is 1. The smallest absolute Gasteiger partial charge is 0.321 e. The molecule has 0 bridgehead atoms. The van der Waals surface area contributed by atoms with Gasteiger partial charge >= 0.3 is 6.03 Å². The molecule has 0 radical (unpaired) electrons. The van der Waals surface area contributed by atoms with Crippen molar-refractivity contribution in [3.63, 3.8) is 0 Å². The van der Waals surface area contributed by atoms with Crippen LogP contribution in [0.3, 0.4) is 0 Å². The highest BCUT2D eigenvalue weighted by molar-refractivity contribution is 6.00. The SMILES string of the molecule is CCCCc1nc(N2CCCN(C(=O)Nc3ccc([N+](=O)[O-])cc3)CC2)c2c(-c3ccc4ccccc4c3)noc2n1. The number of unbranched alkanes of at least 4 members (excludes halogenated alkanes) is 1. The van der Waals surface area contributed by atoms with E-state index < -0.39 is 4.92 Å². The maximum absolute atomic E-state index is 13.1. The predicted molar refractivity (Wildman–Crippen MR) is 162 cm³/mol. The third-order valence-corrected chi connectivity index (χ3v) is 7.55. The summed E-state index contributed by atoms with van der Waals surface area (Å²) in [5.41, 5.74) is 2.58. The van der Waals surface area contributed by atoms with Crippen LogP contribution in [0, 0.1) is 10.1 Å². The van der Waals surface area contributed by atoms with Gasteiger partial charge in [-0.25, -0.2) is 9.78 Å². The van der Waals surface area contributed by atoms with Gasteiger partial charge in [-0.15, -0.1) is 0 Å². The number of rotatable bonds is 7. The molecule has 1 aliphatic heterocycles. The number of fused-ring (bicyclic) bond motifs is 2. The van der Waals surface area contributed by atoms with Crippen LogP contribution in [0.4, 0.5) is 22.0 Å².